The van der Waals surface area contributed by atoms with Crippen LogP contribution >= 0.6 is 0 Å². The van der Waals surface area contributed by atoms with E-state index in [2.05, 4.69) is 16.2 Å². The zero-order chi connectivity index (χ0) is 14.9. The molecule has 116 valence electrons. The summed E-state index contributed by atoms with van der Waals surface area (Å²) >= 11 is 0. The van der Waals surface area contributed by atoms with Gasteiger partial charge < -0.3 is 9.64 Å². The predicted molar refractivity (Wildman–Crippen MR) is 68.8 cm³/mol. The van der Waals surface area contributed by atoms with Gasteiger partial charge in [0.05, 0.1) is 18.8 Å². The van der Waals surface area contributed by atoms with Crippen molar-refractivity contribution in [2.24, 2.45) is 0 Å². The van der Waals surface area contributed by atoms with Crippen molar-refractivity contribution >= 4 is 5.91 Å². The second-order valence-corrected chi connectivity index (χ2v) is 5.59. The monoisotopic (exact) mass is 292 g/mol. The normalized spacial score (nSPS) is 33.7. The molecule has 0 aliphatic carbocycles. The highest BCUT2D eigenvalue weighted by atomic mass is 19.3. The van der Waals surface area contributed by atoms with Crippen molar-refractivity contribution in [1.82, 2.24) is 21.1 Å². The van der Waals surface area contributed by atoms with Gasteiger partial charge in [0.2, 0.25) is 0 Å². The van der Waals surface area contributed by atoms with Gasteiger partial charge in [-0.2, -0.15) is 0 Å². The Morgan fingerprint density at radius 3 is 2.60 bits per heavy atom. The number of ether oxygens (including phenoxy) is 1. The highest BCUT2D eigenvalue weighted by Crippen LogP contribution is 2.30. The molecular weight excluding hydrogens is 270 g/mol. The number of rotatable bonds is 3. The van der Waals surface area contributed by atoms with Crippen LogP contribution < -0.4 is 16.2 Å². The molecule has 20 heavy (non-hydrogen) atoms. The molecule has 3 atom stereocenters. The van der Waals surface area contributed by atoms with Crippen molar-refractivity contribution < 1.29 is 18.3 Å². The Labute approximate surface area is 117 Å². The number of hydrogen-bond acceptors (Lipinski definition) is 5. The molecule has 0 radical (unpaired) electrons. The van der Waals surface area contributed by atoms with Crippen LogP contribution in [-0.2, 0) is 9.53 Å². The molecule has 0 saturated carbocycles. The van der Waals surface area contributed by atoms with Crippen LogP contribution in [0.3, 0.4) is 0 Å². The van der Waals surface area contributed by atoms with E-state index in [0.717, 1.165) is 0 Å². The average Bonchev–Trinajstić information content (AvgIpc) is 2.77. The molecule has 2 heterocycles. The molecule has 2 fully saturated rings. The summed E-state index contributed by atoms with van der Waals surface area (Å²) in [7, 11) is 0. The molecule has 2 rings (SSSR count). The van der Waals surface area contributed by atoms with Crippen molar-refractivity contribution in [3.63, 3.8) is 0 Å². The van der Waals surface area contributed by atoms with Crippen molar-refractivity contribution in [2.45, 2.75) is 57.7 Å². The third-order valence-corrected chi connectivity index (χ3v) is 3.39. The Balaban J connectivity index is 1.95. The molecule has 0 spiro atoms. The van der Waals surface area contributed by atoms with Gasteiger partial charge in [-0.25, -0.2) is 19.6 Å². The standard InChI is InChI=1S/C12H22F2N4O2/c1-7(2)20-9-4-5-18(6-12(9,13)14)11(19)10-15-8(3)16-17-10/h7-10,15-17H,4-6H2,1-3H3/t8?,9-,10?/m0/s1. The van der Waals surface area contributed by atoms with E-state index in [1.807, 2.05) is 6.92 Å². The van der Waals surface area contributed by atoms with Crippen LogP contribution in [0, 0.1) is 0 Å². The van der Waals surface area contributed by atoms with Gasteiger partial charge in [0.15, 0.2) is 6.17 Å². The first-order chi connectivity index (χ1) is 9.29. The molecule has 6 nitrogen and oxygen atoms in total. The second-order valence-electron chi connectivity index (χ2n) is 5.59. The van der Waals surface area contributed by atoms with Gasteiger partial charge in [-0.15, -0.1) is 0 Å². The summed E-state index contributed by atoms with van der Waals surface area (Å²) < 4.78 is 33.3. The van der Waals surface area contributed by atoms with Crippen molar-refractivity contribution in [3.8, 4) is 0 Å². The first-order valence-electron chi connectivity index (χ1n) is 6.89. The minimum absolute atomic E-state index is 0.0775. The molecular formula is C12H22F2N4O2. The fourth-order valence-corrected chi connectivity index (χ4v) is 2.46. The zero-order valence-electron chi connectivity index (χ0n) is 12.0. The summed E-state index contributed by atoms with van der Waals surface area (Å²) in [5, 5.41) is 2.93. The van der Waals surface area contributed by atoms with Gasteiger partial charge in [0.25, 0.3) is 11.8 Å². The maximum Gasteiger partial charge on any atom is 0.290 e. The zero-order valence-corrected chi connectivity index (χ0v) is 12.0. The average molecular weight is 292 g/mol. The Hall–Kier alpha value is -0.830. The van der Waals surface area contributed by atoms with Crippen LogP contribution in [0.2, 0.25) is 0 Å². The lowest BCUT2D eigenvalue weighted by Crippen LogP contribution is -2.59. The minimum atomic E-state index is -3.02. The van der Waals surface area contributed by atoms with Gasteiger partial charge >= 0.3 is 0 Å². The lowest BCUT2D eigenvalue weighted by atomic mass is 10.0. The van der Waals surface area contributed by atoms with Crippen LogP contribution in [0.15, 0.2) is 0 Å². The molecule has 0 bridgehead atoms. The summed E-state index contributed by atoms with van der Waals surface area (Å²) in [6.45, 7) is 4.97. The summed E-state index contributed by atoms with van der Waals surface area (Å²) in [6, 6.07) is 0. The Bertz CT molecular complexity index is 367. The van der Waals surface area contributed by atoms with Crippen LogP contribution in [0.25, 0.3) is 0 Å². The number of hydrazine groups is 1. The fraction of sp³-hybridized carbons (Fsp3) is 0.917. The Morgan fingerprint density at radius 2 is 2.10 bits per heavy atom. The van der Waals surface area contributed by atoms with E-state index < -0.39 is 24.7 Å². The second kappa shape index (κ2) is 5.88. The molecule has 2 aliphatic heterocycles. The molecule has 0 aromatic rings. The minimum Gasteiger partial charge on any atom is -0.369 e. The van der Waals surface area contributed by atoms with Crippen LogP contribution in [-0.4, -0.2) is 54.4 Å². The van der Waals surface area contributed by atoms with Crippen molar-refractivity contribution in [2.75, 3.05) is 13.1 Å². The van der Waals surface area contributed by atoms with Gasteiger partial charge in [0, 0.05) is 6.54 Å². The first kappa shape index (κ1) is 15.6. The molecule has 3 N–H and O–H groups in total. The number of halogens is 2. The van der Waals surface area contributed by atoms with E-state index >= 15 is 0 Å². The Kier molecular flexibility index (Phi) is 4.58. The lowest BCUT2D eigenvalue weighted by Gasteiger charge is -2.39. The fourth-order valence-electron chi connectivity index (χ4n) is 2.46. The molecule has 2 saturated heterocycles. The van der Waals surface area contributed by atoms with Gasteiger partial charge in [0.1, 0.15) is 6.10 Å². The van der Waals surface area contributed by atoms with E-state index in [9.17, 15) is 13.6 Å². The van der Waals surface area contributed by atoms with E-state index in [4.69, 9.17) is 4.74 Å². The molecule has 1 amide bonds. The van der Waals surface area contributed by atoms with Crippen molar-refractivity contribution in [1.29, 1.82) is 0 Å². The van der Waals surface area contributed by atoms with E-state index in [-0.39, 0.29) is 31.1 Å². The molecule has 0 aromatic carbocycles. The molecule has 2 aliphatic rings. The summed E-state index contributed by atoms with van der Waals surface area (Å²) in [5.74, 6) is -3.39. The third-order valence-electron chi connectivity index (χ3n) is 3.39. The maximum atomic E-state index is 14.0. The SMILES string of the molecule is CC1NNC(C(=O)N2CC[C@H](OC(C)C)C(F)(F)C2)N1. The summed E-state index contributed by atoms with van der Waals surface area (Å²) in [6.07, 6.45) is -1.97. The quantitative estimate of drug-likeness (QED) is 0.684. The number of nitrogens with one attached hydrogen (secondary N) is 3. The summed E-state index contributed by atoms with van der Waals surface area (Å²) in [5.41, 5.74) is 5.57. The number of hydrogen-bond donors (Lipinski definition) is 3. The van der Waals surface area contributed by atoms with E-state index in [0.29, 0.717) is 0 Å². The smallest absolute Gasteiger partial charge is 0.290 e. The van der Waals surface area contributed by atoms with Crippen LogP contribution in [0.1, 0.15) is 27.2 Å². The third kappa shape index (κ3) is 3.43. The van der Waals surface area contributed by atoms with E-state index in [1.54, 1.807) is 13.8 Å². The maximum absolute atomic E-state index is 14.0. The van der Waals surface area contributed by atoms with Crippen LogP contribution in [0.5, 0.6) is 0 Å². The molecule has 8 heteroatoms. The van der Waals surface area contributed by atoms with E-state index in [1.165, 1.54) is 4.90 Å². The van der Waals surface area contributed by atoms with Gasteiger partial charge in [-0.3, -0.25) is 10.1 Å². The number of piperidine rings is 1. The highest BCUT2D eigenvalue weighted by molar-refractivity contribution is 5.82. The number of alkyl halides is 2. The number of nitrogens with zero attached hydrogens (tertiary/aromatic N) is 1. The van der Waals surface area contributed by atoms with Crippen molar-refractivity contribution in [3.05, 3.63) is 0 Å². The van der Waals surface area contributed by atoms with Gasteiger partial charge in [-0.1, -0.05) is 0 Å². The first-order valence-corrected chi connectivity index (χ1v) is 6.89. The predicted octanol–water partition coefficient (Wildman–Crippen LogP) is 0.0171. The number of carbonyl (C=O) groups excluding carboxylic acids is 1. The number of amides is 1. The van der Waals surface area contributed by atoms with Crippen LogP contribution in [0.4, 0.5) is 8.78 Å². The lowest BCUT2D eigenvalue weighted by molar-refractivity contribution is -0.190. The molecule has 0 aromatic heterocycles. The summed E-state index contributed by atoms with van der Waals surface area (Å²) in [4.78, 5) is 13.3. The van der Waals surface area contributed by atoms with Gasteiger partial charge in [-0.05, 0) is 27.2 Å². The molecule has 2 unspecified atom stereocenters. The number of likely N-dealkylation sites (tertiary alicyclic amines) is 1. The number of carbonyl (C=O) groups is 1. The topological polar surface area (TPSA) is 65.6 Å². The Morgan fingerprint density at radius 1 is 1.40 bits per heavy atom. The highest BCUT2D eigenvalue weighted by Gasteiger charge is 2.48. The largest absolute Gasteiger partial charge is 0.369 e.